The molecule has 0 radical (unpaired) electrons. The normalized spacial score (nSPS) is 12.5. The molecule has 0 spiro atoms. The number of rotatable bonds is 7. The maximum absolute atomic E-state index is 10.1. The van der Waals surface area contributed by atoms with Crippen LogP contribution in [-0.2, 0) is 0 Å². The molecule has 0 aliphatic carbocycles. The van der Waals surface area contributed by atoms with Gasteiger partial charge in [-0.1, -0.05) is 38.7 Å². The monoisotopic (exact) mass is 236 g/mol. The van der Waals surface area contributed by atoms with Gasteiger partial charge in [0.2, 0.25) is 0 Å². The third kappa shape index (κ3) is 4.39. The number of aliphatic hydroxyl groups is 1. The molecule has 0 fully saturated rings. The van der Waals surface area contributed by atoms with Crippen molar-refractivity contribution in [2.45, 2.75) is 52.1 Å². The van der Waals surface area contributed by atoms with Crippen LogP contribution in [0, 0.1) is 6.92 Å². The minimum Gasteiger partial charge on any atom is -0.497 e. The molecule has 2 heteroatoms. The second kappa shape index (κ2) is 7.33. The molecular formula is C15H24O2. The highest BCUT2D eigenvalue weighted by atomic mass is 16.5. The Morgan fingerprint density at radius 3 is 2.59 bits per heavy atom. The van der Waals surface area contributed by atoms with E-state index in [1.54, 1.807) is 7.11 Å². The second-order valence-electron chi connectivity index (χ2n) is 4.59. The van der Waals surface area contributed by atoms with Gasteiger partial charge in [-0.05, 0) is 36.6 Å². The summed E-state index contributed by atoms with van der Waals surface area (Å²) in [5.41, 5.74) is 2.13. The third-order valence-corrected chi connectivity index (χ3v) is 3.17. The predicted molar refractivity (Wildman–Crippen MR) is 71.4 cm³/mol. The number of aryl methyl sites for hydroxylation is 1. The average molecular weight is 236 g/mol. The van der Waals surface area contributed by atoms with Crippen LogP contribution in [0.15, 0.2) is 18.2 Å². The first-order chi connectivity index (χ1) is 8.19. The molecule has 1 aromatic carbocycles. The van der Waals surface area contributed by atoms with Crippen LogP contribution in [0.3, 0.4) is 0 Å². The van der Waals surface area contributed by atoms with E-state index in [0.717, 1.165) is 29.7 Å². The first-order valence-corrected chi connectivity index (χ1v) is 6.51. The number of benzene rings is 1. The SMILES string of the molecule is CCCCCCC(O)c1ccc(OC)cc1C. The van der Waals surface area contributed by atoms with Gasteiger partial charge < -0.3 is 9.84 Å². The number of methoxy groups -OCH3 is 1. The van der Waals surface area contributed by atoms with Gasteiger partial charge in [0.15, 0.2) is 0 Å². The van der Waals surface area contributed by atoms with Crippen LogP contribution in [0.5, 0.6) is 5.75 Å². The van der Waals surface area contributed by atoms with Gasteiger partial charge in [0.05, 0.1) is 13.2 Å². The molecule has 17 heavy (non-hydrogen) atoms. The lowest BCUT2D eigenvalue weighted by atomic mass is 9.98. The van der Waals surface area contributed by atoms with Crippen LogP contribution in [0.25, 0.3) is 0 Å². The first kappa shape index (κ1) is 14.0. The van der Waals surface area contributed by atoms with Crippen molar-refractivity contribution in [3.63, 3.8) is 0 Å². The van der Waals surface area contributed by atoms with Gasteiger partial charge in [0.1, 0.15) is 5.75 Å². The standard InChI is InChI=1S/C15H24O2/c1-4-5-6-7-8-15(16)14-10-9-13(17-3)11-12(14)2/h9-11,15-16H,4-8H2,1-3H3. The van der Waals surface area contributed by atoms with Gasteiger partial charge in [-0.25, -0.2) is 0 Å². The van der Waals surface area contributed by atoms with Crippen molar-refractivity contribution in [1.29, 1.82) is 0 Å². The Labute approximate surface area is 105 Å². The number of hydrogen-bond acceptors (Lipinski definition) is 2. The van der Waals surface area contributed by atoms with Crippen LogP contribution < -0.4 is 4.74 Å². The Hall–Kier alpha value is -1.02. The van der Waals surface area contributed by atoms with E-state index in [4.69, 9.17) is 4.74 Å². The van der Waals surface area contributed by atoms with Crippen molar-refractivity contribution in [2.24, 2.45) is 0 Å². The summed E-state index contributed by atoms with van der Waals surface area (Å²) in [4.78, 5) is 0. The van der Waals surface area contributed by atoms with Crippen LogP contribution in [0.4, 0.5) is 0 Å². The largest absolute Gasteiger partial charge is 0.497 e. The summed E-state index contributed by atoms with van der Waals surface area (Å²) < 4.78 is 5.16. The predicted octanol–water partition coefficient (Wildman–Crippen LogP) is 4.01. The quantitative estimate of drug-likeness (QED) is 0.725. The van der Waals surface area contributed by atoms with E-state index in [-0.39, 0.29) is 6.10 Å². The van der Waals surface area contributed by atoms with Crippen molar-refractivity contribution in [2.75, 3.05) is 7.11 Å². The molecule has 1 rings (SSSR count). The van der Waals surface area contributed by atoms with Crippen molar-refractivity contribution >= 4 is 0 Å². The highest BCUT2D eigenvalue weighted by Crippen LogP contribution is 2.26. The Bertz CT molecular complexity index is 334. The summed E-state index contributed by atoms with van der Waals surface area (Å²) in [7, 11) is 1.66. The van der Waals surface area contributed by atoms with Gasteiger partial charge in [0, 0.05) is 0 Å². The van der Waals surface area contributed by atoms with E-state index in [2.05, 4.69) is 6.92 Å². The van der Waals surface area contributed by atoms with Crippen molar-refractivity contribution in [1.82, 2.24) is 0 Å². The van der Waals surface area contributed by atoms with Crippen molar-refractivity contribution in [3.05, 3.63) is 29.3 Å². The van der Waals surface area contributed by atoms with Gasteiger partial charge in [-0.3, -0.25) is 0 Å². The maximum Gasteiger partial charge on any atom is 0.119 e. The third-order valence-electron chi connectivity index (χ3n) is 3.17. The highest BCUT2D eigenvalue weighted by molar-refractivity contribution is 5.35. The molecule has 0 aliphatic rings. The molecule has 0 aliphatic heterocycles. The van der Waals surface area contributed by atoms with E-state index >= 15 is 0 Å². The van der Waals surface area contributed by atoms with E-state index in [1.807, 2.05) is 25.1 Å². The van der Waals surface area contributed by atoms with Gasteiger partial charge in [-0.15, -0.1) is 0 Å². The fourth-order valence-electron chi connectivity index (χ4n) is 2.07. The zero-order chi connectivity index (χ0) is 12.7. The Morgan fingerprint density at radius 2 is 2.00 bits per heavy atom. The van der Waals surface area contributed by atoms with E-state index in [0.29, 0.717) is 0 Å². The van der Waals surface area contributed by atoms with Gasteiger partial charge >= 0.3 is 0 Å². The molecule has 0 aromatic heterocycles. The van der Waals surface area contributed by atoms with E-state index in [1.165, 1.54) is 19.3 Å². The zero-order valence-electron chi connectivity index (χ0n) is 11.2. The molecule has 1 N–H and O–H groups in total. The molecule has 0 amide bonds. The lowest BCUT2D eigenvalue weighted by Gasteiger charge is -2.14. The number of unbranched alkanes of at least 4 members (excludes halogenated alkanes) is 3. The molecule has 0 heterocycles. The lowest BCUT2D eigenvalue weighted by Crippen LogP contribution is -2.00. The summed E-state index contributed by atoms with van der Waals surface area (Å²) in [5.74, 6) is 0.851. The molecule has 1 atom stereocenters. The fourth-order valence-corrected chi connectivity index (χ4v) is 2.07. The Kier molecular flexibility index (Phi) is 6.06. The molecular weight excluding hydrogens is 212 g/mol. The smallest absolute Gasteiger partial charge is 0.119 e. The Morgan fingerprint density at radius 1 is 1.24 bits per heavy atom. The van der Waals surface area contributed by atoms with Crippen molar-refractivity contribution < 1.29 is 9.84 Å². The van der Waals surface area contributed by atoms with Gasteiger partial charge in [-0.2, -0.15) is 0 Å². The first-order valence-electron chi connectivity index (χ1n) is 6.51. The van der Waals surface area contributed by atoms with Crippen LogP contribution >= 0.6 is 0 Å². The number of aliphatic hydroxyl groups excluding tert-OH is 1. The second-order valence-corrected chi connectivity index (χ2v) is 4.59. The molecule has 1 unspecified atom stereocenters. The van der Waals surface area contributed by atoms with Crippen molar-refractivity contribution in [3.8, 4) is 5.75 Å². The maximum atomic E-state index is 10.1. The zero-order valence-corrected chi connectivity index (χ0v) is 11.2. The van der Waals surface area contributed by atoms with E-state index in [9.17, 15) is 5.11 Å². The topological polar surface area (TPSA) is 29.5 Å². The van der Waals surface area contributed by atoms with Crippen LogP contribution in [0.2, 0.25) is 0 Å². The minimum absolute atomic E-state index is 0.335. The molecule has 96 valence electrons. The summed E-state index contributed by atoms with van der Waals surface area (Å²) in [6.07, 6.45) is 5.32. The summed E-state index contributed by atoms with van der Waals surface area (Å²) in [6, 6.07) is 5.86. The molecule has 2 nitrogen and oxygen atoms in total. The molecule has 0 saturated carbocycles. The lowest BCUT2D eigenvalue weighted by molar-refractivity contribution is 0.162. The molecule has 1 aromatic rings. The highest BCUT2D eigenvalue weighted by Gasteiger charge is 2.10. The molecule has 0 saturated heterocycles. The number of ether oxygens (including phenoxy) is 1. The van der Waals surface area contributed by atoms with E-state index < -0.39 is 0 Å². The van der Waals surface area contributed by atoms with Crippen LogP contribution in [-0.4, -0.2) is 12.2 Å². The number of hydrogen-bond donors (Lipinski definition) is 1. The average Bonchev–Trinajstić information content (AvgIpc) is 2.34. The van der Waals surface area contributed by atoms with Crippen LogP contribution in [0.1, 0.15) is 56.3 Å². The Balaban J connectivity index is 2.53. The summed E-state index contributed by atoms with van der Waals surface area (Å²) in [6.45, 7) is 4.22. The minimum atomic E-state index is -0.335. The van der Waals surface area contributed by atoms with Gasteiger partial charge in [0.25, 0.3) is 0 Å². The molecule has 0 bridgehead atoms. The summed E-state index contributed by atoms with van der Waals surface area (Å²) >= 11 is 0. The fraction of sp³-hybridized carbons (Fsp3) is 0.600. The summed E-state index contributed by atoms with van der Waals surface area (Å²) in [5, 5.41) is 10.1.